The van der Waals surface area contributed by atoms with Crippen LogP contribution in [0.2, 0.25) is 0 Å². The van der Waals surface area contributed by atoms with Gasteiger partial charge < -0.3 is 16.3 Å². The minimum absolute atomic E-state index is 0.00132. The first-order valence-corrected chi connectivity index (χ1v) is 7.40. The molecule has 0 spiro atoms. The zero-order valence-corrected chi connectivity index (χ0v) is 11.9. The molecule has 104 valence electrons. The second-order valence-corrected chi connectivity index (χ2v) is 6.67. The Kier molecular flexibility index (Phi) is 5.78. The largest absolute Gasteiger partial charge is 0.409 e. The summed E-state index contributed by atoms with van der Waals surface area (Å²) in [4.78, 5) is 12.0. The van der Waals surface area contributed by atoms with Crippen molar-refractivity contribution in [3.05, 3.63) is 0 Å². The lowest BCUT2D eigenvalue weighted by molar-refractivity contribution is -0.123. The molecule has 0 radical (unpaired) electrons. The molecule has 4 N–H and O–H groups in total. The smallest absolute Gasteiger partial charge is 0.230 e. The summed E-state index contributed by atoms with van der Waals surface area (Å²) in [5, 5.41) is 14.6. The molecule has 6 heteroatoms. The molecule has 5 nitrogen and oxygen atoms in total. The number of nitrogens with zero attached hydrogens (tertiary/aromatic N) is 1. The minimum atomic E-state index is -0.519. The van der Waals surface area contributed by atoms with E-state index in [1.807, 2.05) is 18.7 Å². The average molecular weight is 273 g/mol. The lowest BCUT2D eigenvalue weighted by Crippen LogP contribution is -2.43. The summed E-state index contributed by atoms with van der Waals surface area (Å²) in [5.74, 6) is 0.500. The molecule has 1 fully saturated rings. The van der Waals surface area contributed by atoms with Crippen LogP contribution >= 0.6 is 11.8 Å². The number of oxime groups is 1. The van der Waals surface area contributed by atoms with E-state index in [0.717, 1.165) is 18.6 Å². The van der Waals surface area contributed by atoms with Crippen molar-refractivity contribution in [3.63, 3.8) is 0 Å². The van der Waals surface area contributed by atoms with Gasteiger partial charge in [0, 0.05) is 11.3 Å². The second-order valence-electron chi connectivity index (χ2n) is 4.99. The predicted octanol–water partition coefficient (Wildman–Crippen LogP) is 1.55. The maximum atomic E-state index is 12.0. The van der Waals surface area contributed by atoms with Gasteiger partial charge in [0.25, 0.3) is 0 Å². The van der Waals surface area contributed by atoms with Gasteiger partial charge in [0.2, 0.25) is 5.91 Å². The highest BCUT2D eigenvalue weighted by Gasteiger charge is 2.31. The van der Waals surface area contributed by atoms with E-state index in [4.69, 9.17) is 10.9 Å². The van der Waals surface area contributed by atoms with Crippen LogP contribution in [0.5, 0.6) is 0 Å². The van der Waals surface area contributed by atoms with E-state index >= 15 is 0 Å². The van der Waals surface area contributed by atoms with Crippen molar-refractivity contribution in [2.24, 2.45) is 16.8 Å². The Bertz CT molecular complexity index is 314. The minimum Gasteiger partial charge on any atom is -0.409 e. The van der Waals surface area contributed by atoms with E-state index in [2.05, 4.69) is 17.4 Å². The molecule has 2 unspecified atom stereocenters. The molecule has 1 saturated heterocycles. The van der Waals surface area contributed by atoms with Gasteiger partial charge in [-0.25, -0.2) is 0 Å². The van der Waals surface area contributed by atoms with Crippen LogP contribution in [-0.4, -0.2) is 34.0 Å². The number of hydrogen-bond acceptors (Lipinski definition) is 4. The van der Waals surface area contributed by atoms with E-state index in [-0.39, 0.29) is 16.5 Å². The third kappa shape index (κ3) is 4.08. The van der Waals surface area contributed by atoms with Gasteiger partial charge in [-0.05, 0) is 31.9 Å². The molecule has 0 aromatic heterocycles. The van der Waals surface area contributed by atoms with E-state index in [1.54, 1.807) is 0 Å². The normalized spacial score (nSPS) is 26.0. The summed E-state index contributed by atoms with van der Waals surface area (Å²) in [6.45, 7) is 4.79. The van der Waals surface area contributed by atoms with Crippen LogP contribution < -0.4 is 11.1 Å². The van der Waals surface area contributed by atoms with Gasteiger partial charge >= 0.3 is 0 Å². The standard InChI is InChI=1S/C12H23N3O2S/c1-3-5-9(10(13)15-17)11(16)14-8-12(2)6-4-7-18-12/h9,17H,3-8H2,1-2H3,(H2,13,15)(H,14,16). The molecular formula is C12H23N3O2S. The average Bonchev–Trinajstić information content (AvgIpc) is 2.79. The fraction of sp³-hybridized carbons (Fsp3) is 0.833. The van der Waals surface area contributed by atoms with Crippen LogP contribution in [0.25, 0.3) is 0 Å². The molecule has 1 aliphatic heterocycles. The van der Waals surface area contributed by atoms with Crippen molar-refractivity contribution in [1.29, 1.82) is 0 Å². The Hall–Kier alpha value is -0.910. The van der Waals surface area contributed by atoms with Crippen LogP contribution in [0.3, 0.4) is 0 Å². The lowest BCUT2D eigenvalue weighted by atomic mass is 10.0. The number of amides is 1. The van der Waals surface area contributed by atoms with E-state index < -0.39 is 5.92 Å². The van der Waals surface area contributed by atoms with Crippen LogP contribution in [0.15, 0.2) is 5.16 Å². The molecule has 0 aromatic carbocycles. The van der Waals surface area contributed by atoms with Crippen LogP contribution in [0.4, 0.5) is 0 Å². The molecule has 1 heterocycles. The summed E-state index contributed by atoms with van der Waals surface area (Å²) in [5.41, 5.74) is 5.55. The molecule has 0 aliphatic carbocycles. The van der Waals surface area contributed by atoms with E-state index in [9.17, 15) is 4.79 Å². The van der Waals surface area contributed by atoms with Crippen molar-refractivity contribution in [1.82, 2.24) is 5.32 Å². The topological polar surface area (TPSA) is 87.7 Å². The third-order valence-electron chi connectivity index (χ3n) is 3.30. The monoisotopic (exact) mass is 273 g/mol. The van der Waals surface area contributed by atoms with Crippen molar-refractivity contribution >= 4 is 23.5 Å². The first-order valence-electron chi connectivity index (χ1n) is 6.41. The summed E-state index contributed by atoms with van der Waals surface area (Å²) in [7, 11) is 0. The van der Waals surface area contributed by atoms with Crippen molar-refractivity contribution in [2.45, 2.75) is 44.3 Å². The third-order valence-corrected chi connectivity index (χ3v) is 4.84. The van der Waals surface area contributed by atoms with Gasteiger partial charge in [-0.2, -0.15) is 11.8 Å². The first-order chi connectivity index (χ1) is 8.52. The molecule has 1 amide bonds. The predicted molar refractivity (Wildman–Crippen MR) is 74.9 cm³/mol. The molecular weight excluding hydrogens is 250 g/mol. The second kappa shape index (κ2) is 6.87. The number of thioether (sulfide) groups is 1. The highest BCUT2D eigenvalue weighted by Crippen LogP contribution is 2.36. The molecule has 0 aromatic rings. The molecule has 1 aliphatic rings. The van der Waals surface area contributed by atoms with E-state index in [1.165, 1.54) is 6.42 Å². The van der Waals surface area contributed by atoms with Gasteiger partial charge in [-0.3, -0.25) is 4.79 Å². The van der Waals surface area contributed by atoms with Gasteiger partial charge in [0.1, 0.15) is 0 Å². The Balaban J connectivity index is 2.51. The number of nitrogens with one attached hydrogen (secondary N) is 1. The number of hydrogen-bond donors (Lipinski definition) is 3. The summed E-state index contributed by atoms with van der Waals surface area (Å²) < 4.78 is 0.136. The number of carbonyl (C=O) groups excluding carboxylic acids is 1. The van der Waals surface area contributed by atoms with Crippen LogP contribution in [0.1, 0.15) is 39.5 Å². The number of amidine groups is 1. The maximum Gasteiger partial charge on any atom is 0.230 e. The number of rotatable bonds is 6. The first kappa shape index (κ1) is 15.1. The van der Waals surface area contributed by atoms with Crippen molar-refractivity contribution in [3.8, 4) is 0 Å². The molecule has 18 heavy (non-hydrogen) atoms. The lowest BCUT2D eigenvalue weighted by Gasteiger charge is -2.24. The van der Waals surface area contributed by atoms with Crippen LogP contribution in [-0.2, 0) is 4.79 Å². The summed E-state index contributed by atoms with van der Waals surface area (Å²) in [6.07, 6.45) is 3.75. The van der Waals surface area contributed by atoms with Crippen molar-refractivity contribution < 1.29 is 10.0 Å². The van der Waals surface area contributed by atoms with Crippen molar-refractivity contribution in [2.75, 3.05) is 12.3 Å². The highest BCUT2D eigenvalue weighted by molar-refractivity contribution is 8.00. The molecule has 2 atom stereocenters. The zero-order chi connectivity index (χ0) is 13.6. The Labute approximate surface area is 113 Å². The molecule has 1 rings (SSSR count). The maximum absolute atomic E-state index is 12.0. The summed E-state index contributed by atoms with van der Waals surface area (Å²) in [6, 6.07) is 0. The van der Waals surface area contributed by atoms with Gasteiger partial charge in [0.15, 0.2) is 5.84 Å². The number of nitrogens with two attached hydrogens (primary N) is 1. The van der Waals surface area contributed by atoms with Crippen LogP contribution in [0, 0.1) is 5.92 Å². The fourth-order valence-corrected chi connectivity index (χ4v) is 3.39. The Morgan fingerprint density at radius 1 is 1.67 bits per heavy atom. The van der Waals surface area contributed by atoms with Gasteiger partial charge in [-0.1, -0.05) is 18.5 Å². The Morgan fingerprint density at radius 3 is 2.89 bits per heavy atom. The number of carbonyl (C=O) groups is 1. The summed E-state index contributed by atoms with van der Waals surface area (Å²) >= 11 is 1.90. The Morgan fingerprint density at radius 2 is 2.39 bits per heavy atom. The molecule has 0 saturated carbocycles. The van der Waals surface area contributed by atoms with Gasteiger partial charge in [-0.15, -0.1) is 0 Å². The van der Waals surface area contributed by atoms with E-state index in [0.29, 0.717) is 13.0 Å². The quantitative estimate of drug-likeness (QED) is 0.296. The zero-order valence-electron chi connectivity index (χ0n) is 11.1. The van der Waals surface area contributed by atoms with Gasteiger partial charge in [0.05, 0.1) is 5.92 Å². The molecule has 0 bridgehead atoms. The highest BCUT2D eigenvalue weighted by atomic mass is 32.2. The fourth-order valence-electron chi connectivity index (χ4n) is 2.15. The SMILES string of the molecule is CCCC(C(=O)NCC1(C)CCCS1)C(N)=NO.